The van der Waals surface area contributed by atoms with Crippen LogP contribution < -0.4 is 4.74 Å². The number of benzene rings is 2. The summed E-state index contributed by atoms with van der Waals surface area (Å²) in [7, 11) is 0. The summed E-state index contributed by atoms with van der Waals surface area (Å²) in [6.07, 6.45) is 4.33. The van der Waals surface area contributed by atoms with Crippen molar-refractivity contribution < 1.29 is 9.84 Å². The molecule has 2 aromatic rings. The van der Waals surface area contributed by atoms with Gasteiger partial charge in [0, 0.05) is 12.2 Å². The maximum absolute atomic E-state index is 9.18. The summed E-state index contributed by atoms with van der Waals surface area (Å²) in [6.45, 7) is 0.145. The SMILES string of the molecule is OCCc1cccc2c1-c1ccccc1C=CO2. The molecule has 0 atom stereocenters. The second-order valence-corrected chi connectivity index (χ2v) is 4.27. The number of ether oxygens (including phenoxy) is 1. The van der Waals surface area contributed by atoms with Gasteiger partial charge >= 0.3 is 0 Å². The molecule has 0 saturated heterocycles. The van der Waals surface area contributed by atoms with Gasteiger partial charge in [-0.05, 0) is 35.3 Å². The van der Waals surface area contributed by atoms with Crippen LogP contribution in [0.1, 0.15) is 11.1 Å². The smallest absolute Gasteiger partial charge is 0.134 e. The fourth-order valence-electron chi connectivity index (χ4n) is 2.36. The Labute approximate surface area is 106 Å². The van der Waals surface area contributed by atoms with Gasteiger partial charge in [-0.25, -0.2) is 0 Å². The van der Waals surface area contributed by atoms with Gasteiger partial charge in [0.15, 0.2) is 0 Å². The predicted molar refractivity (Wildman–Crippen MR) is 72.3 cm³/mol. The molecule has 0 spiro atoms. The maximum Gasteiger partial charge on any atom is 0.134 e. The van der Waals surface area contributed by atoms with Gasteiger partial charge in [-0.3, -0.25) is 0 Å². The van der Waals surface area contributed by atoms with Gasteiger partial charge in [0.05, 0.1) is 6.26 Å². The molecule has 0 bridgehead atoms. The average Bonchev–Trinajstić information content (AvgIpc) is 2.59. The molecule has 0 radical (unpaired) electrons. The van der Waals surface area contributed by atoms with Crippen LogP contribution in [0, 0.1) is 0 Å². The van der Waals surface area contributed by atoms with E-state index in [1.165, 1.54) is 0 Å². The number of aliphatic hydroxyl groups excluding tert-OH is 1. The Bertz CT molecular complexity index is 600. The van der Waals surface area contributed by atoms with E-state index < -0.39 is 0 Å². The van der Waals surface area contributed by atoms with Crippen molar-refractivity contribution in [3.05, 3.63) is 59.9 Å². The number of aliphatic hydroxyl groups is 1. The zero-order valence-corrected chi connectivity index (χ0v) is 9.97. The topological polar surface area (TPSA) is 29.5 Å². The molecule has 0 unspecified atom stereocenters. The fraction of sp³-hybridized carbons (Fsp3) is 0.125. The molecule has 2 aromatic carbocycles. The Morgan fingerprint density at radius 2 is 1.89 bits per heavy atom. The normalized spacial score (nSPS) is 12.3. The van der Waals surface area contributed by atoms with Crippen LogP contribution in [-0.4, -0.2) is 11.7 Å². The molecule has 90 valence electrons. The third-order valence-electron chi connectivity index (χ3n) is 3.17. The number of rotatable bonds is 2. The summed E-state index contributed by atoms with van der Waals surface area (Å²) < 4.78 is 5.66. The van der Waals surface area contributed by atoms with E-state index in [1.54, 1.807) is 6.26 Å². The van der Waals surface area contributed by atoms with Gasteiger partial charge in [-0.2, -0.15) is 0 Å². The van der Waals surface area contributed by atoms with Crippen LogP contribution in [0.5, 0.6) is 5.75 Å². The van der Waals surface area contributed by atoms with Gasteiger partial charge in [0.1, 0.15) is 5.75 Å². The van der Waals surface area contributed by atoms with Crippen molar-refractivity contribution in [1.29, 1.82) is 0 Å². The summed E-state index contributed by atoms with van der Waals surface area (Å²) in [5, 5.41) is 9.18. The largest absolute Gasteiger partial charge is 0.464 e. The number of hydrogen-bond donors (Lipinski definition) is 1. The summed E-state index contributed by atoms with van der Waals surface area (Å²) in [5.74, 6) is 0.849. The van der Waals surface area contributed by atoms with Crippen LogP contribution in [0.2, 0.25) is 0 Å². The fourth-order valence-corrected chi connectivity index (χ4v) is 2.36. The molecule has 0 aromatic heterocycles. The Balaban J connectivity index is 2.27. The van der Waals surface area contributed by atoms with E-state index in [2.05, 4.69) is 12.1 Å². The van der Waals surface area contributed by atoms with Crippen molar-refractivity contribution in [1.82, 2.24) is 0 Å². The molecular weight excluding hydrogens is 224 g/mol. The Morgan fingerprint density at radius 1 is 1.00 bits per heavy atom. The van der Waals surface area contributed by atoms with Crippen molar-refractivity contribution in [2.24, 2.45) is 0 Å². The van der Waals surface area contributed by atoms with Crippen molar-refractivity contribution in [3.8, 4) is 16.9 Å². The molecule has 0 saturated carbocycles. The Kier molecular flexibility index (Phi) is 2.87. The molecule has 1 heterocycles. The van der Waals surface area contributed by atoms with Crippen LogP contribution in [0.4, 0.5) is 0 Å². The van der Waals surface area contributed by atoms with E-state index in [-0.39, 0.29) is 6.61 Å². The van der Waals surface area contributed by atoms with E-state index in [0.29, 0.717) is 6.42 Å². The van der Waals surface area contributed by atoms with Crippen molar-refractivity contribution >= 4 is 6.08 Å². The lowest BCUT2D eigenvalue weighted by atomic mass is 9.93. The molecule has 0 fully saturated rings. The van der Waals surface area contributed by atoms with Gasteiger partial charge in [-0.15, -0.1) is 0 Å². The first-order chi connectivity index (χ1) is 8.90. The van der Waals surface area contributed by atoms with Gasteiger partial charge in [0.25, 0.3) is 0 Å². The monoisotopic (exact) mass is 238 g/mol. The lowest BCUT2D eigenvalue weighted by molar-refractivity contribution is 0.299. The first kappa shape index (κ1) is 11.1. The molecule has 2 heteroatoms. The average molecular weight is 238 g/mol. The van der Waals surface area contributed by atoms with Gasteiger partial charge < -0.3 is 9.84 Å². The lowest BCUT2D eigenvalue weighted by Crippen LogP contribution is -1.96. The van der Waals surface area contributed by atoms with E-state index in [4.69, 9.17) is 4.74 Å². The molecule has 0 amide bonds. The molecular formula is C16H14O2. The van der Waals surface area contributed by atoms with Crippen molar-refractivity contribution in [3.63, 3.8) is 0 Å². The quantitative estimate of drug-likeness (QED) is 0.870. The van der Waals surface area contributed by atoms with Crippen LogP contribution in [0.15, 0.2) is 48.7 Å². The van der Waals surface area contributed by atoms with E-state index >= 15 is 0 Å². The highest BCUT2D eigenvalue weighted by molar-refractivity contribution is 5.82. The second kappa shape index (κ2) is 4.67. The summed E-state index contributed by atoms with van der Waals surface area (Å²) in [5.41, 5.74) is 4.50. The molecule has 0 aliphatic carbocycles. The number of hydrogen-bond acceptors (Lipinski definition) is 2. The standard InChI is InChI=1S/C16H14O2/c17-10-8-13-5-3-7-15-16(13)14-6-2-1-4-12(14)9-11-18-15/h1-7,9,11,17H,8,10H2. The van der Waals surface area contributed by atoms with Gasteiger partial charge in [0.2, 0.25) is 0 Å². The Hall–Kier alpha value is -2.06. The minimum absolute atomic E-state index is 0.145. The minimum atomic E-state index is 0.145. The third-order valence-corrected chi connectivity index (χ3v) is 3.17. The molecule has 3 rings (SSSR count). The third kappa shape index (κ3) is 1.81. The molecule has 18 heavy (non-hydrogen) atoms. The molecule has 1 aliphatic rings. The van der Waals surface area contributed by atoms with Gasteiger partial charge in [-0.1, -0.05) is 36.4 Å². The maximum atomic E-state index is 9.18. The van der Waals surface area contributed by atoms with Crippen molar-refractivity contribution in [2.75, 3.05) is 6.61 Å². The van der Waals surface area contributed by atoms with Crippen LogP contribution in [-0.2, 0) is 6.42 Å². The highest BCUT2D eigenvalue weighted by Gasteiger charge is 2.15. The first-order valence-corrected chi connectivity index (χ1v) is 6.05. The number of fused-ring (bicyclic) bond motifs is 3. The zero-order chi connectivity index (χ0) is 12.4. The summed E-state index contributed by atoms with van der Waals surface area (Å²) >= 11 is 0. The molecule has 1 aliphatic heterocycles. The van der Waals surface area contributed by atoms with Crippen LogP contribution >= 0.6 is 0 Å². The van der Waals surface area contributed by atoms with E-state index in [0.717, 1.165) is 28.0 Å². The molecule has 2 nitrogen and oxygen atoms in total. The summed E-state index contributed by atoms with van der Waals surface area (Å²) in [6, 6.07) is 14.2. The molecule has 1 N–H and O–H groups in total. The highest BCUT2D eigenvalue weighted by atomic mass is 16.5. The lowest BCUT2D eigenvalue weighted by Gasteiger charge is -2.13. The van der Waals surface area contributed by atoms with Crippen molar-refractivity contribution in [2.45, 2.75) is 6.42 Å². The first-order valence-electron chi connectivity index (χ1n) is 6.05. The second-order valence-electron chi connectivity index (χ2n) is 4.27. The summed E-state index contributed by atoms with van der Waals surface area (Å²) in [4.78, 5) is 0. The minimum Gasteiger partial charge on any atom is -0.464 e. The zero-order valence-electron chi connectivity index (χ0n) is 9.97. The van der Waals surface area contributed by atoms with Crippen LogP contribution in [0.3, 0.4) is 0 Å². The van der Waals surface area contributed by atoms with E-state index in [9.17, 15) is 5.11 Å². The Morgan fingerprint density at radius 3 is 2.78 bits per heavy atom. The van der Waals surface area contributed by atoms with Crippen LogP contribution in [0.25, 0.3) is 17.2 Å². The van der Waals surface area contributed by atoms with E-state index in [1.807, 2.05) is 36.4 Å². The highest BCUT2D eigenvalue weighted by Crippen LogP contribution is 2.38. The predicted octanol–water partition coefficient (Wildman–Crippen LogP) is 3.25.